The summed E-state index contributed by atoms with van der Waals surface area (Å²) in [6.07, 6.45) is 0.498. The monoisotopic (exact) mass is 248 g/mol. The van der Waals surface area contributed by atoms with Crippen LogP contribution in [0, 0.1) is 11.3 Å². The summed E-state index contributed by atoms with van der Waals surface area (Å²) in [5.74, 6) is 0. The minimum atomic E-state index is -2.42. The first-order valence-electron chi connectivity index (χ1n) is 6.12. The Hall–Kier alpha value is -0.730. The maximum Gasteiger partial charge on any atom is 0.261 e. The van der Waals surface area contributed by atoms with Crippen LogP contribution in [0.2, 0.25) is 0 Å². The molecular weight excluding hydrogens is 226 g/mol. The zero-order valence-corrected chi connectivity index (χ0v) is 10.6. The molecule has 0 radical (unpaired) electrons. The molecule has 0 aromatic heterocycles. The van der Waals surface area contributed by atoms with Gasteiger partial charge in [0.2, 0.25) is 0 Å². The van der Waals surface area contributed by atoms with Crippen molar-refractivity contribution in [1.29, 1.82) is 5.26 Å². The van der Waals surface area contributed by atoms with E-state index in [0.29, 0.717) is 19.3 Å². The van der Waals surface area contributed by atoms with Crippen LogP contribution in [0.3, 0.4) is 0 Å². The minimum absolute atomic E-state index is 0.279. The van der Waals surface area contributed by atoms with E-state index in [9.17, 15) is 14.0 Å². The number of ether oxygens (including phenoxy) is 1. The molecule has 100 valence electrons. The summed E-state index contributed by atoms with van der Waals surface area (Å²) in [7, 11) is 0. The van der Waals surface area contributed by atoms with E-state index in [1.165, 1.54) is 0 Å². The van der Waals surface area contributed by atoms with Crippen molar-refractivity contribution in [2.75, 3.05) is 19.8 Å². The highest BCUT2D eigenvalue weighted by atomic mass is 19.3. The van der Waals surface area contributed by atoms with Crippen molar-refractivity contribution in [2.45, 2.75) is 51.5 Å². The quantitative estimate of drug-likeness (QED) is 0.605. The predicted octanol–water partition coefficient (Wildman–Crippen LogP) is 2.72. The number of hydrogen-bond donors (Lipinski definition) is 1. The second-order valence-electron chi connectivity index (χ2n) is 4.04. The fourth-order valence-corrected chi connectivity index (χ4v) is 1.58. The molecule has 1 atom stereocenters. The third-order valence-electron chi connectivity index (χ3n) is 2.67. The normalized spacial score (nSPS) is 14.6. The highest BCUT2D eigenvalue weighted by Crippen LogP contribution is 2.16. The molecular formula is C12H22F2N2O. The van der Waals surface area contributed by atoms with Gasteiger partial charge in [0.1, 0.15) is 12.1 Å². The van der Waals surface area contributed by atoms with Gasteiger partial charge in [-0.05, 0) is 32.2 Å². The van der Waals surface area contributed by atoms with Gasteiger partial charge < -0.3 is 4.74 Å². The van der Waals surface area contributed by atoms with Gasteiger partial charge in [-0.1, -0.05) is 13.8 Å². The van der Waals surface area contributed by atoms with Crippen LogP contribution >= 0.6 is 0 Å². The molecule has 5 heteroatoms. The van der Waals surface area contributed by atoms with Crippen molar-refractivity contribution in [2.24, 2.45) is 0 Å². The van der Waals surface area contributed by atoms with Crippen LogP contribution in [0.15, 0.2) is 0 Å². The summed E-state index contributed by atoms with van der Waals surface area (Å²) in [5.41, 5.74) is -0.537. The Morgan fingerprint density at radius 1 is 1.41 bits per heavy atom. The summed E-state index contributed by atoms with van der Waals surface area (Å²) < 4.78 is 28.4. The highest BCUT2D eigenvalue weighted by molar-refractivity contribution is 5.05. The zero-order valence-electron chi connectivity index (χ0n) is 10.6. The predicted molar refractivity (Wildman–Crippen MR) is 63.0 cm³/mol. The van der Waals surface area contributed by atoms with Gasteiger partial charge in [0.05, 0.1) is 6.07 Å². The van der Waals surface area contributed by atoms with Crippen LogP contribution < -0.4 is 5.32 Å². The molecule has 0 fully saturated rings. The van der Waals surface area contributed by atoms with Crippen LogP contribution in [0.5, 0.6) is 0 Å². The maximum atomic E-state index is 11.8. The Kier molecular flexibility index (Phi) is 8.92. The third-order valence-corrected chi connectivity index (χ3v) is 2.67. The molecule has 0 rings (SSSR count). The molecule has 1 unspecified atom stereocenters. The molecule has 17 heavy (non-hydrogen) atoms. The van der Waals surface area contributed by atoms with E-state index in [0.717, 1.165) is 13.0 Å². The Bertz CT molecular complexity index is 231. The first-order chi connectivity index (χ1) is 8.10. The summed E-state index contributed by atoms with van der Waals surface area (Å²) in [4.78, 5) is 0. The number of alkyl halides is 2. The number of nitrogens with zero attached hydrogens (tertiary/aromatic N) is 1. The topological polar surface area (TPSA) is 45.0 Å². The molecule has 0 aliphatic heterocycles. The number of hydrogen-bond acceptors (Lipinski definition) is 3. The molecule has 0 aromatic carbocycles. The van der Waals surface area contributed by atoms with E-state index >= 15 is 0 Å². The number of nitrogens with one attached hydrogen (secondary N) is 1. The Labute approximate surface area is 102 Å². The first kappa shape index (κ1) is 16.3. The lowest BCUT2D eigenvalue weighted by atomic mass is 9.92. The summed E-state index contributed by atoms with van der Waals surface area (Å²) >= 11 is 0. The van der Waals surface area contributed by atoms with Crippen molar-refractivity contribution in [3.8, 4) is 6.07 Å². The van der Waals surface area contributed by atoms with E-state index in [-0.39, 0.29) is 6.61 Å². The van der Waals surface area contributed by atoms with Gasteiger partial charge in [0.15, 0.2) is 0 Å². The van der Waals surface area contributed by atoms with Crippen LogP contribution in [-0.4, -0.2) is 31.7 Å². The van der Waals surface area contributed by atoms with E-state index in [2.05, 4.69) is 11.4 Å². The lowest BCUT2D eigenvalue weighted by Gasteiger charge is -2.26. The summed E-state index contributed by atoms with van der Waals surface area (Å²) in [6.45, 7) is 4.54. The van der Waals surface area contributed by atoms with Crippen molar-refractivity contribution < 1.29 is 13.5 Å². The van der Waals surface area contributed by atoms with Crippen molar-refractivity contribution in [3.63, 3.8) is 0 Å². The molecule has 0 saturated carbocycles. The molecule has 0 saturated heterocycles. The largest absolute Gasteiger partial charge is 0.376 e. The first-order valence-corrected chi connectivity index (χ1v) is 6.12. The average Bonchev–Trinajstić information content (AvgIpc) is 2.33. The summed E-state index contributed by atoms with van der Waals surface area (Å²) in [6, 6.07) is 2.28. The second-order valence-corrected chi connectivity index (χ2v) is 4.04. The Morgan fingerprint density at radius 2 is 2.12 bits per heavy atom. The number of rotatable bonds is 10. The number of halogens is 2. The molecule has 3 nitrogen and oxygen atoms in total. The maximum absolute atomic E-state index is 11.8. The third kappa shape index (κ3) is 7.24. The van der Waals surface area contributed by atoms with Gasteiger partial charge in [-0.15, -0.1) is 0 Å². The lowest BCUT2D eigenvalue weighted by molar-refractivity contribution is 0.0151. The Morgan fingerprint density at radius 3 is 2.59 bits per heavy atom. The molecule has 0 bridgehead atoms. The molecule has 1 N–H and O–H groups in total. The molecule has 0 aromatic rings. The van der Waals surface area contributed by atoms with Gasteiger partial charge in [-0.2, -0.15) is 5.26 Å². The van der Waals surface area contributed by atoms with Crippen molar-refractivity contribution in [3.05, 3.63) is 0 Å². The van der Waals surface area contributed by atoms with E-state index in [4.69, 9.17) is 4.74 Å². The average molecular weight is 248 g/mol. The lowest BCUT2D eigenvalue weighted by Crippen LogP contribution is -2.44. The van der Waals surface area contributed by atoms with Gasteiger partial charge in [0, 0.05) is 6.61 Å². The number of nitriles is 1. The molecule has 0 spiro atoms. The van der Waals surface area contributed by atoms with Gasteiger partial charge in [0.25, 0.3) is 6.43 Å². The van der Waals surface area contributed by atoms with Crippen LogP contribution in [0.1, 0.15) is 39.5 Å². The van der Waals surface area contributed by atoms with Crippen LogP contribution in [0.4, 0.5) is 8.78 Å². The Balaban J connectivity index is 3.88. The fraction of sp³-hybridized carbons (Fsp3) is 0.917. The van der Waals surface area contributed by atoms with Crippen molar-refractivity contribution >= 4 is 0 Å². The van der Waals surface area contributed by atoms with Gasteiger partial charge in [-0.25, -0.2) is 8.78 Å². The van der Waals surface area contributed by atoms with Crippen molar-refractivity contribution in [1.82, 2.24) is 5.32 Å². The van der Waals surface area contributed by atoms with E-state index in [1.54, 1.807) is 0 Å². The SMILES string of the molecule is CCCNC(C#N)(CC)CCCOCC(F)F. The fourth-order valence-electron chi connectivity index (χ4n) is 1.58. The smallest absolute Gasteiger partial charge is 0.261 e. The molecule has 0 aliphatic carbocycles. The van der Waals surface area contributed by atoms with Gasteiger partial charge in [-0.3, -0.25) is 5.32 Å². The van der Waals surface area contributed by atoms with E-state index < -0.39 is 18.6 Å². The van der Waals surface area contributed by atoms with Crippen LogP contribution in [0.25, 0.3) is 0 Å². The van der Waals surface area contributed by atoms with Gasteiger partial charge >= 0.3 is 0 Å². The summed E-state index contributed by atoms with van der Waals surface area (Å²) in [5, 5.41) is 12.4. The molecule has 0 aliphatic rings. The zero-order chi connectivity index (χ0) is 13.1. The van der Waals surface area contributed by atoms with E-state index in [1.807, 2.05) is 13.8 Å². The van der Waals surface area contributed by atoms with Crippen LogP contribution in [-0.2, 0) is 4.74 Å². The minimum Gasteiger partial charge on any atom is -0.376 e. The second kappa shape index (κ2) is 9.32. The highest BCUT2D eigenvalue weighted by Gasteiger charge is 2.26. The molecule has 0 heterocycles. The molecule has 0 amide bonds. The standard InChI is InChI=1S/C12H22F2N2O/c1-3-7-16-12(4-2,10-15)6-5-8-17-9-11(13)14/h11,16H,3-9H2,1-2H3.